The molecule has 0 saturated carbocycles. The number of benzene rings is 3. The second-order valence-corrected chi connectivity index (χ2v) is 12.8. The molecule has 0 heterocycles. The van der Waals surface area contributed by atoms with Gasteiger partial charge in [-0.15, -0.1) is 0 Å². The predicted octanol–water partition coefficient (Wildman–Crippen LogP) is 5.00. The molecule has 3 rings (SSSR count). The molecule has 0 saturated heterocycles. The summed E-state index contributed by atoms with van der Waals surface area (Å²) in [6.07, 6.45) is 0.293. The van der Waals surface area contributed by atoms with Gasteiger partial charge in [0.05, 0.1) is 22.6 Å². The molecule has 12 heteroatoms. The fraction of sp³-hybridized carbons (Fsp3) is 0.375. The number of carbonyl (C=O) groups is 2. The predicted molar refractivity (Wildman–Crippen MR) is 169 cm³/mol. The fourth-order valence-corrected chi connectivity index (χ4v) is 6.10. The molecule has 236 valence electrons. The maximum Gasteiger partial charge on any atom is 0.273 e. The maximum atomic E-state index is 14.2. The van der Waals surface area contributed by atoms with Crippen LogP contribution < -0.4 is 14.4 Å². The standard InChI is InChI=1S/C32H40N4O7S/c1-7-29(32(38)33-19-22(2)3)34(20-25-11-9-8-10-23(25)4)31(37)21-35(26-13-15-27(43-6)16-14-26)44(41,42)28-17-12-24(5)30(18-28)36(39)40/h8-18,22,29H,7,19-21H2,1-6H3,(H,33,38). The molecular weight excluding hydrogens is 584 g/mol. The number of hydrogen-bond donors (Lipinski definition) is 1. The van der Waals surface area contributed by atoms with Gasteiger partial charge in [-0.1, -0.05) is 51.1 Å². The molecule has 2 amide bonds. The minimum atomic E-state index is -4.49. The number of nitrogens with zero attached hydrogens (tertiary/aromatic N) is 3. The zero-order valence-electron chi connectivity index (χ0n) is 25.9. The Kier molecular flexibility index (Phi) is 11.5. The summed E-state index contributed by atoms with van der Waals surface area (Å²) < 4.78 is 34.4. The van der Waals surface area contributed by atoms with E-state index in [2.05, 4.69) is 5.32 Å². The van der Waals surface area contributed by atoms with Crippen LogP contribution in [0.4, 0.5) is 11.4 Å². The van der Waals surface area contributed by atoms with Crippen molar-refractivity contribution in [2.75, 3.05) is 24.5 Å². The average Bonchev–Trinajstić information content (AvgIpc) is 2.99. The van der Waals surface area contributed by atoms with Gasteiger partial charge in [-0.25, -0.2) is 8.42 Å². The molecule has 0 aliphatic heterocycles. The summed E-state index contributed by atoms with van der Waals surface area (Å²) >= 11 is 0. The number of methoxy groups -OCH3 is 1. The van der Waals surface area contributed by atoms with Crippen molar-refractivity contribution in [1.82, 2.24) is 10.2 Å². The van der Waals surface area contributed by atoms with E-state index in [0.717, 1.165) is 21.5 Å². The van der Waals surface area contributed by atoms with Gasteiger partial charge in [-0.3, -0.25) is 24.0 Å². The Balaban J connectivity index is 2.12. The molecule has 0 fully saturated rings. The summed E-state index contributed by atoms with van der Waals surface area (Å²) in [5, 5.41) is 14.5. The summed E-state index contributed by atoms with van der Waals surface area (Å²) in [5.41, 5.74) is 1.80. The van der Waals surface area contributed by atoms with Crippen molar-refractivity contribution < 1.29 is 27.7 Å². The van der Waals surface area contributed by atoms with E-state index in [1.54, 1.807) is 19.1 Å². The third-order valence-corrected chi connectivity index (χ3v) is 9.05. The molecule has 3 aromatic carbocycles. The fourth-order valence-electron chi connectivity index (χ4n) is 4.66. The van der Waals surface area contributed by atoms with Gasteiger partial charge < -0.3 is 15.0 Å². The number of nitrogens with one attached hydrogen (secondary N) is 1. The molecule has 44 heavy (non-hydrogen) atoms. The number of rotatable bonds is 14. The number of nitro groups is 1. The number of anilines is 1. The Hall–Kier alpha value is -4.45. The lowest BCUT2D eigenvalue weighted by Gasteiger charge is -2.33. The van der Waals surface area contributed by atoms with Crippen molar-refractivity contribution in [3.8, 4) is 5.75 Å². The van der Waals surface area contributed by atoms with Gasteiger partial charge >= 0.3 is 0 Å². The van der Waals surface area contributed by atoms with Gasteiger partial charge in [0.15, 0.2) is 0 Å². The van der Waals surface area contributed by atoms with Crippen LogP contribution in [0.3, 0.4) is 0 Å². The number of ether oxygens (including phenoxy) is 1. The summed E-state index contributed by atoms with van der Waals surface area (Å²) in [5.74, 6) is -0.291. The van der Waals surface area contributed by atoms with E-state index in [1.165, 1.54) is 43.2 Å². The lowest BCUT2D eigenvalue weighted by molar-refractivity contribution is -0.385. The van der Waals surface area contributed by atoms with Crippen LogP contribution in [0.5, 0.6) is 5.75 Å². The first-order valence-electron chi connectivity index (χ1n) is 14.3. The molecule has 0 spiro atoms. The van der Waals surface area contributed by atoms with Gasteiger partial charge in [-0.05, 0) is 67.6 Å². The minimum Gasteiger partial charge on any atom is -0.497 e. The molecule has 11 nitrogen and oxygen atoms in total. The Bertz CT molecular complexity index is 1590. The van der Waals surface area contributed by atoms with Gasteiger partial charge in [-0.2, -0.15) is 0 Å². The molecule has 1 atom stereocenters. The number of nitro benzene ring substituents is 1. The first-order valence-corrected chi connectivity index (χ1v) is 15.8. The van der Waals surface area contributed by atoms with Crippen molar-refractivity contribution >= 4 is 33.2 Å². The van der Waals surface area contributed by atoms with Crippen molar-refractivity contribution in [3.63, 3.8) is 0 Å². The number of sulfonamides is 1. The lowest BCUT2D eigenvalue weighted by Crippen LogP contribution is -2.52. The summed E-state index contributed by atoms with van der Waals surface area (Å²) in [6.45, 7) is 8.96. The van der Waals surface area contributed by atoms with E-state index in [9.17, 15) is 28.1 Å². The van der Waals surface area contributed by atoms with Crippen molar-refractivity contribution in [2.24, 2.45) is 5.92 Å². The molecule has 1 unspecified atom stereocenters. The Labute approximate surface area is 259 Å². The molecular formula is C32H40N4O7S. The van der Waals surface area contributed by atoms with Gasteiger partial charge in [0.2, 0.25) is 11.8 Å². The van der Waals surface area contributed by atoms with Crippen LogP contribution >= 0.6 is 0 Å². The number of amides is 2. The van der Waals surface area contributed by atoms with Crippen LogP contribution in [-0.2, 0) is 26.2 Å². The number of hydrogen-bond acceptors (Lipinski definition) is 7. The maximum absolute atomic E-state index is 14.2. The van der Waals surface area contributed by atoms with Crippen LogP contribution in [0.25, 0.3) is 0 Å². The van der Waals surface area contributed by atoms with Crippen LogP contribution in [-0.4, -0.2) is 56.3 Å². The number of aryl methyl sites for hydroxylation is 2. The molecule has 0 aliphatic carbocycles. The molecule has 0 aromatic heterocycles. The van der Waals surface area contributed by atoms with E-state index >= 15 is 0 Å². The summed E-state index contributed by atoms with van der Waals surface area (Å²) in [7, 11) is -3.02. The zero-order chi connectivity index (χ0) is 32.6. The Morgan fingerprint density at radius 1 is 1.00 bits per heavy atom. The lowest BCUT2D eigenvalue weighted by atomic mass is 10.1. The third kappa shape index (κ3) is 8.13. The zero-order valence-corrected chi connectivity index (χ0v) is 26.8. The average molecular weight is 625 g/mol. The summed E-state index contributed by atoms with van der Waals surface area (Å²) in [4.78, 5) is 39.6. The van der Waals surface area contributed by atoms with Gasteiger partial charge in [0, 0.05) is 24.7 Å². The number of carbonyl (C=O) groups excluding carboxylic acids is 2. The summed E-state index contributed by atoms with van der Waals surface area (Å²) in [6, 6.07) is 16.3. The smallest absolute Gasteiger partial charge is 0.273 e. The third-order valence-electron chi connectivity index (χ3n) is 7.28. The van der Waals surface area contributed by atoms with Crippen molar-refractivity contribution in [1.29, 1.82) is 0 Å². The highest BCUT2D eigenvalue weighted by Crippen LogP contribution is 2.29. The van der Waals surface area contributed by atoms with E-state index in [-0.39, 0.29) is 34.6 Å². The Morgan fingerprint density at radius 2 is 1.66 bits per heavy atom. The highest BCUT2D eigenvalue weighted by molar-refractivity contribution is 7.92. The van der Waals surface area contributed by atoms with E-state index in [0.29, 0.717) is 24.3 Å². The molecule has 1 N–H and O–H groups in total. The largest absolute Gasteiger partial charge is 0.497 e. The first kappa shape index (κ1) is 34.0. The van der Waals surface area contributed by atoms with Crippen LogP contribution in [0.2, 0.25) is 0 Å². The topological polar surface area (TPSA) is 139 Å². The van der Waals surface area contributed by atoms with Crippen LogP contribution in [0.15, 0.2) is 71.6 Å². The normalized spacial score (nSPS) is 12.0. The second kappa shape index (κ2) is 14.8. The molecule has 0 radical (unpaired) electrons. The second-order valence-electron chi connectivity index (χ2n) is 10.9. The van der Waals surface area contributed by atoms with Crippen LogP contribution in [0, 0.1) is 29.9 Å². The van der Waals surface area contributed by atoms with E-state index in [1.807, 2.05) is 45.0 Å². The quantitative estimate of drug-likeness (QED) is 0.197. The van der Waals surface area contributed by atoms with Crippen molar-refractivity contribution in [3.05, 3.63) is 93.5 Å². The van der Waals surface area contributed by atoms with Gasteiger partial charge in [0.1, 0.15) is 18.3 Å². The minimum absolute atomic E-state index is 0.0750. The monoisotopic (exact) mass is 624 g/mol. The molecule has 0 aliphatic rings. The SMILES string of the molecule is CCC(C(=O)NCC(C)C)N(Cc1ccccc1C)C(=O)CN(c1ccc(OC)cc1)S(=O)(=O)c1ccc(C)c([N+](=O)[O-])c1. The first-order chi connectivity index (χ1) is 20.8. The van der Waals surface area contributed by atoms with Crippen molar-refractivity contribution in [2.45, 2.75) is 58.5 Å². The van der Waals surface area contributed by atoms with Gasteiger partial charge in [0.25, 0.3) is 15.7 Å². The van der Waals surface area contributed by atoms with Crippen LogP contribution in [0.1, 0.15) is 43.9 Å². The van der Waals surface area contributed by atoms with E-state index < -0.39 is 33.4 Å². The van der Waals surface area contributed by atoms with E-state index in [4.69, 9.17) is 4.74 Å². The molecule has 3 aromatic rings. The highest BCUT2D eigenvalue weighted by Gasteiger charge is 2.34. The molecule has 0 bridgehead atoms. The Morgan fingerprint density at radius 3 is 2.23 bits per heavy atom. The highest BCUT2D eigenvalue weighted by atomic mass is 32.2.